The van der Waals surface area contributed by atoms with Gasteiger partial charge in [0.15, 0.2) is 0 Å². The second-order valence-corrected chi connectivity index (χ2v) is 7.53. The molecule has 2 aromatic carbocycles. The monoisotopic (exact) mass is 358 g/mol. The van der Waals surface area contributed by atoms with E-state index in [0.29, 0.717) is 16.5 Å². The van der Waals surface area contributed by atoms with Crippen molar-refractivity contribution in [2.45, 2.75) is 12.3 Å². The minimum atomic E-state index is -3.51. The smallest absolute Gasteiger partial charge is 0.264 e. The molecule has 22 heavy (non-hydrogen) atoms. The number of rotatable bonds is 6. The highest BCUT2D eigenvalue weighted by Gasteiger charge is 2.18. The van der Waals surface area contributed by atoms with Crippen LogP contribution >= 0.6 is 23.2 Å². The van der Waals surface area contributed by atoms with Crippen LogP contribution in [0.2, 0.25) is 10.0 Å². The van der Waals surface area contributed by atoms with Crippen molar-refractivity contribution in [2.24, 2.45) is 0 Å². The molecule has 0 N–H and O–H groups in total. The van der Waals surface area contributed by atoms with E-state index in [4.69, 9.17) is 27.4 Å². The molecule has 0 amide bonds. The van der Waals surface area contributed by atoms with Crippen LogP contribution in [0.4, 0.5) is 0 Å². The molecule has 0 heterocycles. The number of hydrogen-bond acceptors (Lipinski definition) is 3. The third-order valence-electron chi connectivity index (χ3n) is 3.21. The molecule has 0 saturated heterocycles. The van der Waals surface area contributed by atoms with Gasteiger partial charge in [0.2, 0.25) is 0 Å². The highest BCUT2D eigenvalue weighted by Crippen LogP contribution is 2.30. The summed E-state index contributed by atoms with van der Waals surface area (Å²) in [5, 5.41) is 1.04. The highest BCUT2D eigenvalue weighted by atomic mass is 35.5. The molecule has 0 spiro atoms. The maximum Gasteiger partial charge on any atom is 0.264 e. The minimum Gasteiger partial charge on any atom is -0.270 e. The van der Waals surface area contributed by atoms with Crippen molar-refractivity contribution in [3.05, 3.63) is 69.7 Å². The van der Waals surface area contributed by atoms with Crippen LogP contribution in [0, 0.1) is 0 Å². The van der Waals surface area contributed by atoms with Crippen LogP contribution in [-0.2, 0) is 20.7 Å². The zero-order chi connectivity index (χ0) is 16.2. The fourth-order valence-corrected chi connectivity index (χ4v) is 3.17. The predicted molar refractivity (Wildman–Crippen MR) is 90.1 cm³/mol. The molecule has 0 saturated carbocycles. The molecule has 0 aliphatic carbocycles. The SMILES string of the molecule is CS(=O)(=O)OC[C@H](Cc1ccccc1)c1ccc(Cl)cc1Cl. The van der Waals surface area contributed by atoms with Crippen molar-refractivity contribution in [1.29, 1.82) is 0 Å². The molecule has 0 fully saturated rings. The maximum absolute atomic E-state index is 11.3. The summed E-state index contributed by atoms with van der Waals surface area (Å²) >= 11 is 12.2. The zero-order valence-electron chi connectivity index (χ0n) is 12.0. The molecule has 6 heteroatoms. The summed E-state index contributed by atoms with van der Waals surface area (Å²) in [5.41, 5.74) is 1.90. The lowest BCUT2D eigenvalue weighted by Gasteiger charge is -2.18. The van der Waals surface area contributed by atoms with Gasteiger partial charge in [0.05, 0.1) is 12.9 Å². The van der Waals surface area contributed by atoms with Crippen molar-refractivity contribution in [3.63, 3.8) is 0 Å². The van der Waals surface area contributed by atoms with Crippen LogP contribution in [0.5, 0.6) is 0 Å². The van der Waals surface area contributed by atoms with E-state index < -0.39 is 10.1 Å². The van der Waals surface area contributed by atoms with E-state index >= 15 is 0 Å². The van der Waals surface area contributed by atoms with E-state index in [9.17, 15) is 8.42 Å². The summed E-state index contributed by atoms with van der Waals surface area (Å²) in [5.74, 6) is -0.179. The third kappa shape index (κ3) is 5.29. The number of halogens is 2. The van der Waals surface area contributed by atoms with E-state index in [0.717, 1.165) is 17.4 Å². The first-order chi connectivity index (χ1) is 10.3. The minimum absolute atomic E-state index is 0.0368. The molecule has 0 radical (unpaired) electrons. The van der Waals surface area contributed by atoms with Crippen LogP contribution in [0.3, 0.4) is 0 Å². The molecule has 2 aromatic rings. The number of benzene rings is 2. The Morgan fingerprint density at radius 2 is 1.77 bits per heavy atom. The standard InChI is InChI=1S/C16H16Cl2O3S/c1-22(19,20)21-11-13(9-12-5-3-2-4-6-12)15-8-7-14(17)10-16(15)18/h2-8,10,13H,9,11H2,1H3/t13-/m0/s1. The molecule has 3 nitrogen and oxygen atoms in total. The topological polar surface area (TPSA) is 43.4 Å². The molecule has 0 aliphatic heterocycles. The lowest BCUT2D eigenvalue weighted by atomic mass is 9.93. The molecule has 0 aliphatic rings. The summed E-state index contributed by atoms with van der Waals surface area (Å²) in [4.78, 5) is 0. The second kappa shape index (κ2) is 7.47. The van der Waals surface area contributed by atoms with Crippen molar-refractivity contribution < 1.29 is 12.6 Å². The van der Waals surface area contributed by atoms with Gasteiger partial charge in [-0.05, 0) is 29.7 Å². The molecule has 118 valence electrons. The fourth-order valence-electron chi connectivity index (χ4n) is 2.20. The van der Waals surface area contributed by atoms with Crippen LogP contribution in [0.1, 0.15) is 17.0 Å². The highest BCUT2D eigenvalue weighted by molar-refractivity contribution is 7.85. The Labute approximate surface area is 141 Å². The fraction of sp³-hybridized carbons (Fsp3) is 0.250. The predicted octanol–water partition coefficient (Wildman–Crippen LogP) is 4.30. The summed E-state index contributed by atoms with van der Waals surface area (Å²) in [6.45, 7) is 0.0368. The Kier molecular flexibility index (Phi) is 5.87. The lowest BCUT2D eigenvalue weighted by molar-refractivity contribution is 0.293. The first-order valence-electron chi connectivity index (χ1n) is 6.68. The number of hydrogen-bond donors (Lipinski definition) is 0. The molecule has 2 rings (SSSR count). The second-order valence-electron chi connectivity index (χ2n) is 5.04. The van der Waals surface area contributed by atoms with Crippen molar-refractivity contribution in [1.82, 2.24) is 0 Å². The Bertz CT molecular complexity index is 730. The largest absolute Gasteiger partial charge is 0.270 e. The maximum atomic E-state index is 11.3. The molecule has 1 atom stereocenters. The van der Waals surface area contributed by atoms with Crippen molar-refractivity contribution in [3.8, 4) is 0 Å². The van der Waals surface area contributed by atoms with Crippen LogP contribution < -0.4 is 0 Å². The first-order valence-corrected chi connectivity index (χ1v) is 9.25. The summed E-state index contributed by atoms with van der Waals surface area (Å²) in [7, 11) is -3.51. The van der Waals surface area contributed by atoms with Gasteiger partial charge in [0.1, 0.15) is 0 Å². The van der Waals surface area contributed by atoms with E-state index in [1.165, 1.54) is 0 Å². The van der Waals surface area contributed by atoms with Crippen LogP contribution in [0.25, 0.3) is 0 Å². The Balaban J connectivity index is 2.28. The van der Waals surface area contributed by atoms with Gasteiger partial charge in [-0.2, -0.15) is 8.42 Å². The van der Waals surface area contributed by atoms with Gasteiger partial charge in [0.25, 0.3) is 10.1 Å². The van der Waals surface area contributed by atoms with Gasteiger partial charge >= 0.3 is 0 Å². The Morgan fingerprint density at radius 1 is 1.09 bits per heavy atom. The van der Waals surface area contributed by atoms with Gasteiger partial charge in [-0.15, -0.1) is 0 Å². The van der Waals surface area contributed by atoms with Crippen LogP contribution in [0.15, 0.2) is 48.5 Å². The zero-order valence-corrected chi connectivity index (χ0v) is 14.3. The molecule has 0 bridgehead atoms. The van der Waals surface area contributed by atoms with E-state index in [2.05, 4.69) is 0 Å². The quantitative estimate of drug-likeness (QED) is 0.723. The van der Waals surface area contributed by atoms with Gasteiger partial charge in [0, 0.05) is 16.0 Å². The van der Waals surface area contributed by atoms with Crippen LogP contribution in [-0.4, -0.2) is 21.3 Å². The molecule has 0 aromatic heterocycles. The lowest BCUT2D eigenvalue weighted by Crippen LogP contribution is -2.15. The molecular formula is C16H16Cl2O3S. The third-order valence-corrected chi connectivity index (χ3v) is 4.34. The van der Waals surface area contributed by atoms with Gasteiger partial charge < -0.3 is 0 Å². The summed E-state index contributed by atoms with van der Waals surface area (Å²) in [6, 6.07) is 15.0. The van der Waals surface area contributed by atoms with Gasteiger partial charge in [-0.3, -0.25) is 4.18 Å². The Hall–Kier alpha value is -1.07. The molecular weight excluding hydrogens is 343 g/mol. The summed E-state index contributed by atoms with van der Waals surface area (Å²) < 4.78 is 27.5. The van der Waals surface area contributed by atoms with Gasteiger partial charge in [-0.1, -0.05) is 59.6 Å². The van der Waals surface area contributed by atoms with Crippen molar-refractivity contribution in [2.75, 3.05) is 12.9 Å². The summed E-state index contributed by atoms with van der Waals surface area (Å²) in [6.07, 6.45) is 1.66. The average molecular weight is 359 g/mol. The average Bonchev–Trinajstić information content (AvgIpc) is 2.44. The van der Waals surface area contributed by atoms with E-state index in [-0.39, 0.29) is 12.5 Å². The van der Waals surface area contributed by atoms with Crippen molar-refractivity contribution >= 4 is 33.3 Å². The van der Waals surface area contributed by atoms with E-state index in [1.54, 1.807) is 12.1 Å². The Morgan fingerprint density at radius 3 is 2.36 bits per heavy atom. The molecule has 0 unspecified atom stereocenters. The first kappa shape index (κ1) is 17.3. The normalized spacial score (nSPS) is 13.0. The van der Waals surface area contributed by atoms with Gasteiger partial charge in [-0.25, -0.2) is 0 Å². The van der Waals surface area contributed by atoms with E-state index in [1.807, 2.05) is 36.4 Å².